The van der Waals surface area contributed by atoms with Gasteiger partial charge in [0.05, 0.1) is 0 Å². The van der Waals surface area contributed by atoms with Crippen molar-refractivity contribution in [2.45, 2.75) is 12.6 Å². The molecule has 0 saturated heterocycles. The zero-order valence-electron chi connectivity index (χ0n) is 12.3. The minimum absolute atomic E-state index is 0.107. The number of hydrogen-bond acceptors (Lipinski definition) is 3. The topological polar surface area (TPSA) is 55.6 Å². The Kier molecular flexibility index (Phi) is 5.09. The summed E-state index contributed by atoms with van der Waals surface area (Å²) in [6.45, 7) is 0.489. The fourth-order valence-electron chi connectivity index (χ4n) is 2.17. The van der Waals surface area contributed by atoms with Gasteiger partial charge in [-0.25, -0.2) is 0 Å². The Bertz CT molecular complexity index is 581. The van der Waals surface area contributed by atoms with E-state index >= 15 is 0 Å². The summed E-state index contributed by atoms with van der Waals surface area (Å²) in [6.07, 6.45) is -0.606. The number of likely N-dealkylation sites (N-methyl/N-ethyl adjacent to an activating group) is 1. The Morgan fingerprint density at radius 2 is 1.76 bits per heavy atom. The standard InChI is InChI=1S/C17H20N2O2/c1-19(15-10-8-13(12-18)9-11-15)17(20)16(21-2)14-6-4-3-5-7-14/h3-11,16H,12,18H2,1-2H3. The predicted molar refractivity (Wildman–Crippen MR) is 83.9 cm³/mol. The maximum absolute atomic E-state index is 12.6. The van der Waals surface area contributed by atoms with Crippen LogP contribution in [-0.4, -0.2) is 20.1 Å². The molecule has 0 fully saturated rings. The molecule has 2 N–H and O–H groups in total. The molecule has 4 nitrogen and oxygen atoms in total. The van der Waals surface area contributed by atoms with Crippen LogP contribution in [-0.2, 0) is 16.1 Å². The molecule has 1 amide bonds. The lowest BCUT2D eigenvalue weighted by Gasteiger charge is -2.23. The second kappa shape index (κ2) is 7.02. The van der Waals surface area contributed by atoms with E-state index in [0.29, 0.717) is 6.54 Å². The van der Waals surface area contributed by atoms with Crippen molar-refractivity contribution < 1.29 is 9.53 Å². The van der Waals surface area contributed by atoms with Crippen LogP contribution in [0, 0.1) is 0 Å². The van der Waals surface area contributed by atoms with Crippen molar-refractivity contribution in [1.82, 2.24) is 0 Å². The number of nitrogens with two attached hydrogens (primary N) is 1. The number of methoxy groups -OCH3 is 1. The van der Waals surface area contributed by atoms with E-state index in [9.17, 15) is 4.79 Å². The first-order valence-electron chi connectivity index (χ1n) is 6.81. The maximum Gasteiger partial charge on any atom is 0.260 e. The molecule has 2 aromatic rings. The van der Waals surface area contributed by atoms with Gasteiger partial charge in [-0.05, 0) is 23.3 Å². The van der Waals surface area contributed by atoms with Gasteiger partial charge < -0.3 is 15.4 Å². The summed E-state index contributed by atoms with van der Waals surface area (Å²) >= 11 is 0. The Labute approximate surface area is 125 Å². The van der Waals surface area contributed by atoms with Crippen LogP contribution in [0.1, 0.15) is 17.2 Å². The number of rotatable bonds is 5. The zero-order valence-corrected chi connectivity index (χ0v) is 12.3. The molecule has 0 aromatic heterocycles. The fraction of sp³-hybridized carbons (Fsp3) is 0.235. The summed E-state index contributed by atoms with van der Waals surface area (Å²) in [6, 6.07) is 17.1. The van der Waals surface area contributed by atoms with Crippen molar-refractivity contribution in [3.05, 3.63) is 65.7 Å². The van der Waals surface area contributed by atoms with Crippen molar-refractivity contribution in [2.24, 2.45) is 5.73 Å². The van der Waals surface area contributed by atoms with Gasteiger partial charge in [0.25, 0.3) is 5.91 Å². The molecule has 0 aliphatic carbocycles. The van der Waals surface area contributed by atoms with Crippen LogP contribution in [0.4, 0.5) is 5.69 Å². The monoisotopic (exact) mass is 284 g/mol. The molecule has 0 aliphatic rings. The number of nitrogens with zero attached hydrogens (tertiary/aromatic N) is 1. The molecule has 1 unspecified atom stereocenters. The molecule has 0 radical (unpaired) electrons. The van der Waals surface area contributed by atoms with Crippen molar-refractivity contribution in [1.29, 1.82) is 0 Å². The number of carbonyl (C=O) groups excluding carboxylic acids is 1. The summed E-state index contributed by atoms with van der Waals surface area (Å²) in [4.78, 5) is 14.2. The minimum Gasteiger partial charge on any atom is -0.367 e. The third-order valence-electron chi connectivity index (χ3n) is 3.45. The van der Waals surface area contributed by atoms with Gasteiger partial charge in [-0.15, -0.1) is 0 Å². The first-order chi connectivity index (χ1) is 10.2. The van der Waals surface area contributed by atoms with Gasteiger partial charge in [0, 0.05) is 26.4 Å². The minimum atomic E-state index is -0.606. The van der Waals surface area contributed by atoms with E-state index in [-0.39, 0.29) is 5.91 Å². The Morgan fingerprint density at radius 1 is 1.14 bits per heavy atom. The van der Waals surface area contributed by atoms with Crippen molar-refractivity contribution in [3.63, 3.8) is 0 Å². The van der Waals surface area contributed by atoms with Crippen molar-refractivity contribution in [2.75, 3.05) is 19.1 Å². The normalized spacial score (nSPS) is 12.0. The van der Waals surface area contributed by atoms with E-state index in [4.69, 9.17) is 10.5 Å². The number of amides is 1. The largest absolute Gasteiger partial charge is 0.367 e. The summed E-state index contributed by atoms with van der Waals surface area (Å²) in [7, 11) is 3.29. The highest BCUT2D eigenvalue weighted by Gasteiger charge is 2.24. The second-order valence-corrected chi connectivity index (χ2v) is 4.79. The zero-order chi connectivity index (χ0) is 15.2. The van der Waals surface area contributed by atoms with Gasteiger partial charge in [-0.1, -0.05) is 42.5 Å². The van der Waals surface area contributed by atoms with E-state index in [1.54, 1.807) is 19.1 Å². The summed E-state index contributed by atoms with van der Waals surface area (Å²) in [5.41, 5.74) is 8.27. The average molecular weight is 284 g/mol. The van der Waals surface area contributed by atoms with Crippen LogP contribution in [0.15, 0.2) is 54.6 Å². The SMILES string of the molecule is COC(C(=O)N(C)c1ccc(CN)cc1)c1ccccc1. The van der Waals surface area contributed by atoms with E-state index in [1.807, 2.05) is 54.6 Å². The molecule has 1 atom stereocenters. The molecule has 2 aromatic carbocycles. The Morgan fingerprint density at radius 3 is 2.29 bits per heavy atom. The highest BCUT2D eigenvalue weighted by molar-refractivity contribution is 5.96. The molecule has 0 spiro atoms. The van der Waals surface area contributed by atoms with E-state index < -0.39 is 6.10 Å². The number of hydrogen-bond donors (Lipinski definition) is 1. The van der Waals surface area contributed by atoms with Gasteiger partial charge in [-0.2, -0.15) is 0 Å². The van der Waals surface area contributed by atoms with E-state index in [1.165, 1.54) is 0 Å². The Hall–Kier alpha value is -2.17. The summed E-state index contributed by atoms with van der Waals surface area (Å²) in [5, 5.41) is 0. The molecule has 21 heavy (non-hydrogen) atoms. The van der Waals surface area contributed by atoms with Crippen LogP contribution in [0.5, 0.6) is 0 Å². The molecule has 0 aliphatic heterocycles. The molecular weight excluding hydrogens is 264 g/mol. The molecule has 2 rings (SSSR count). The van der Waals surface area contributed by atoms with Gasteiger partial charge in [0.15, 0.2) is 6.10 Å². The molecule has 0 saturated carbocycles. The van der Waals surface area contributed by atoms with Gasteiger partial charge in [0.1, 0.15) is 0 Å². The third-order valence-corrected chi connectivity index (χ3v) is 3.45. The molecule has 4 heteroatoms. The lowest BCUT2D eigenvalue weighted by atomic mass is 10.1. The first-order valence-corrected chi connectivity index (χ1v) is 6.81. The fourth-order valence-corrected chi connectivity index (χ4v) is 2.17. The van der Waals surface area contributed by atoms with Crippen LogP contribution in [0.2, 0.25) is 0 Å². The quantitative estimate of drug-likeness (QED) is 0.917. The average Bonchev–Trinajstić information content (AvgIpc) is 2.56. The van der Waals surface area contributed by atoms with E-state index in [0.717, 1.165) is 16.8 Å². The van der Waals surface area contributed by atoms with Gasteiger partial charge >= 0.3 is 0 Å². The van der Waals surface area contributed by atoms with Crippen molar-refractivity contribution in [3.8, 4) is 0 Å². The second-order valence-electron chi connectivity index (χ2n) is 4.79. The van der Waals surface area contributed by atoms with Crippen molar-refractivity contribution >= 4 is 11.6 Å². The Balaban J connectivity index is 2.20. The highest BCUT2D eigenvalue weighted by atomic mass is 16.5. The summed E-state index contributed by atoms with van der Waals surface area (Å²) < 4.78 is 5.37. The van der Waals surface area contributed by atoms with E-state index in [2.05, 4.69) is 0 Å². The van der Waals surface area contributed by atoms with Crippen LogP contribution in [0.3, 0.4) is 0 Å². The van der Waals surface area contributed by atoms with Crippen LogP contribution < -0.4 is 10.6 Å². The number of benzene rings is 2. The third kappa shape index (κ3) is 3.48. The van der Waals surface area contributed by atoms with Gasteiger partial charge in [0.2, 0.25) is 0 Å². The lowest BCUT2D eigenvalue weighted by molar-refractivity contribution is -0.128. The van der Waals surface area contributed by atoms with Gasteiger partial charge in [-0.3, -0.25) is 4.79 Å². The first kappa shape index (κ1) is 15.2. The lowest BCUT2D eigenvalue weighted by Crippen LogP contribution is -2.32. The maximum atomic E-state index is 12.6. The molecule has 110 valence electrons. The highest BCUT2D eigenvalue weighted by Crippen LogP contribution is 2.22. The molecule has 0 heterocycles. The molecular formula is C17H20N2O2. The summed E-state index contributed by atoms with van der Waals surface area (Å²) in [5.74, 6) is -0.107. The number of anilines is 1. The number of carbonyl (C=O) groups is 1. The van der Waals surface area contributed by atoms with Crippen LogP contribution in [0.25, 0.3) is 0 Å². The van der Waals surface area contributed by atoms with Crippen LogP contribution >= 0.6 is 0 Å². The molecule has 0 bridgehead atoms. The predicted octanol–water partition coefficient (Wildman–Crippen LogP) is 2.50. The smallest absolute Gasteiger partial charge is 0.260 e. The number of ether oxygens (including phenoxy) is 1.